The Bertz CT molecular complexity index is 709. The van der Waals surface area contributed by atoms with Crippen LogP contribution in [0.2, 0.25) is 5.02 Å². The Morgan fingerprint density at radius 1 is 0.929 bits per heavy atom. The zero-order valence-electron chi connectivity index (χ0n) is 16.5. The second-order valence-corrected chi connectivity index (χ2v) is 8.84. The first-order valence-corrected chi connectivity index (χ1v) is 11.0. The lowest BCUT2D eigenvalue weighted by Crippen LogP contribution is -2.52. The van der Waals surface area contributed by atoms with Crippen molar-refractivity contribution in [1.82, 2.24) is 14.7 Å². The molecule has 0 spiro atoms. The number of hydrogen-bond donors (Lipinski definition) is 0. The Morgan fingerprint density at radius 2 is 1.64 bits per heavy atom. The van der Waals surface area contributed by atoms with Crippen LogP contribution in [0.15, 0.2) is 24.3 Å². The predicted molar refractivity (Wildman–Crippen MR) is 110 cm³/mol. The lowest BCUT2D eigenvalue weighted by Gasteiger charge is -2.35. The van der Waals surface area contributed by atoms with E-state index in [1.807, 2.05) is 28.0 Å². The summed E-state index contributed by atoms with van der Waals surface area (Å²) >= 11 is 6.08. The van der Waals surface area contributed by atoms with E-state index in [4.69, 9.17) is 11.6 Å². The molecule has 1 aromatic rings. The van der Waals surface area contributed by atoms with E-state index in [0.29, 0.717) is 12.5 Å². The minimum absolute atomic E-state index is 0.101. The molecule has 2 heterocycles. The monoisotopic (exact) mass is 403 g/mol. The fourth-order valence-corrected chi connectivity index (χ4v) is 4.74. The summed E-state index contributed by atoms with van der Waals surface area (Å²) in [6.07, 6.45) is 5.66. The van der Waals surface area contributed by atoms with Crippen LogP contribution in [-0.2, 0) is 9.59 Å². The van der Waals surface area contributed by atoms with E-state index < -0.39 is 0 Å². The van der Waals surface area contributed by atoms with Crippen LogP contribution in [0.1, 0.15) is 43.6 Å². The van der Waals surface area contributed by atoms with Gasteiger partial charge in [0.15, 0.2) is 0 Å². The van der Waals surface area contributed by atoms with Crippen molar-refractivity contribution in [2.75, 3.05) is 45.8 Å². The lowest BCUT2D eigenvalue weighted by atomic mass is 10.1. The largest absolute Gasteiger partial charge is 0.342 e. The summed E-state index contributed by atoms with van der Waals surface area (Å²) in [5.74, 6) is 0.936. The second kappa shape index (κ2) is 8.83. The maximum Gasteiger partial charge on any atom is 0.236 e. The molecule has 1 saturated carbocycles. The molecule has 1 aliphatic carbocycles. The second-order valence-electron chi connectivity index (χ2n) is 8.40. The first kappa shape index (κ1) is 19.7. The van der Waals surface area contributed by atoms with Gasteiger partial charge < -0.3 is 9.80 Å². The molecule has 3 fully saturated rings. The van der Waals surface area contributed by atoms with Crippen LogP contribution in [0, 0.1) is 5.92 Å². The van der Waals surface area contributed by atoms with Gasteiger partial charge in [-0.1, -0.05) is 36.6 Å². The van der Waals surface area contributed by atoms with Gasteiger partial charge in [-0.05, 0) is 42.9 Å². The number of amides is 2. The average molecular weight is 404 g/mol. The molecule has 0 bridgehead atoms. The van der Waals surface area contributed by atoms with Crippen molar-refractivity contribution in [1.29, 1.82) is 0 Å². The van der Waals surface area contributed by atoms with Gasteiger partial charge in [-0.25, -0.2) is 0 Å². The summed E-state index contributed by atoms with van der Waals surface area (Å²) in [6, 6.07) is 7.87. The molecule has 2 atom stereocenters. The lowest BCUT2D eigenvalue weighted by molar-refractivity contribution is -0.136. The van der Waals surface area contributed by atoms with Crippen molar-refractivity contribution < 1.29 is 9.59 Å². The summed E-state index contributed by atoms with van der Waals surface area (Å²) in [5, 5.41) is 0.735. The van der Waals surface area contributed by atoms with Crippen molar-refractivity contribution in [2.45, 2.75) is 38.0 Å². The Hall–Kier alpha value is -1.59. The van der Waals surface area contributed by atoms with Gasteiger partial charge in [0.1, 0.15) is 0 Å². The minimum Gasteiger partial charge on any atom is -0.342 e. The molecule has 28 heavy (non-hydrogen) atoms. The molecule has 4 rings (SSSR count). The third-order valence-corrected chi connectivity index (χ3v) is 6.62. The first-order chi connectivity index (χ1) is 13.6. The maximum atomic E-state index is 12.8. The zero-order valence-corrected chi connectivity index (χ0v) is 17.2. The van der Waals surface area contributed by atoms with Crippen LogP contribution in [0.25, 0.3) is 0 Å². The highest BCUT2D eigenvalue weighted by Crippen LogP contribution is 2.48. The maximum absolute atomic E-state index is 12.8. The van der Waals surface area contributed by atoms with Gasteiger partial charge in [-0.3, -0.25) is 14.5 Å². The number of piperazine rings is 1. The number of nitrogens with zero attached hydrogens (tertiary/aromatic N) is 3. The van der Waals surface area contributed by atoms with Crippen LogP contribution in [0.4, 0.5) is 0 Å². The topological polar surface area (TPSA) is 43.9 Å². The summed E-state index contributed by atoms with van der Waals surface area (Å²) in [7, 11) is 0. The van der Waals surface area contributed by atoms with Crippen LogP contribution >= 0.6 is 11.6 Å². The number of benzene rings is 1. The normalized spacial score (nSPS) is 26.0. The molecule has 0 N–H and O–H groups in total. The molecular weight excluding hydrogens is 374 g/mol. The van der Waals surface area contributed by atoms with E-state index in [1.54, 1.807) is 0 Å². The van der Waals surface area contributed by atoms with Crippen LogP contribution in [0.5, 0.6) is 0 Å². The number of carbonyl (C=O) groups excluding carboxylic acids is 2. The predicted octanol–water partition coefficient (Wildman–Crippen LogP) is 2.99. The van der Waals surface area contributed by atoms with Gasteiger partial charge in [0.25, 0.3) is 0 Å². The highest BCUT2D eigenvalue weighted by Gasteiger charge is 2.46. The van der Waals surface area contributed by atoms with Crippen LogP contribution in [-0.4, -0.2) is 72.3 Å². The van der Waals surface area contributed by atoms with Crippen molar-refractivity contribution >= 4 is 23.4 Å². The molecule has 6 heteroatoms. The number of likely N-dealkylation sites (tertiary alicyclic amines) is 1. The zero-order chi connectivity index (χ0) is 19.5. The molecule has 2 saturated heterocycles. The van der Waals surface area contributed by atoms with E-state index in [1.165, 1.54) is 18.4 Å². The Kier molecular flexibility index (Phi) is 6.22. The molecule has 2 aliphatic heterocycles. The number of hydrogen-bond acceptors (Lipinski definition) is 3. The van der Waals surface area contributed by atoms with Gasteiger partial charge in [-0.2, -0.15) is 0 Å². The van der Waals surface area contributed by atoms with Crippen LogP contribution < -0.4 is 0 Å². The Morgan fingerprint density at radius 3 is 2.32 bits per heavy atom. The van der Waals surface area contributed by atoms with E-state index in [0.717, 1.165) is 63.6 Å². The molecule has 5 nitrogen and oxygen atoms in total. The van der Waals surface area contributed by atoms with Gasteiger partial charge in [-0.15, -0.1) is 0 Å². The molecule has 152 valence electrons. The van der Waals surface area contributed by atoms with E-state index >= 15 is 0 Å². The van der Waals surface area contributed by atoms with Crippen molar-refractivity contribution in [3.8, 4) is 0 Å². The van der Waals surface area contributed by atoms with Gasteiger partial charge in [0, 0.05) is 50.2 Å². The minimum atomic E-state index is 0.101. The van der Waals surface area contributed by atoms with Crippen LogP contribution in [0.3, 0.4) is 0 Å². The highest BCUT2D eigenvalue weighted by molar-refractivity contribution is 6.30. The standard InChI is InChI=1S/C22H30ClN3O2/c23-18-7-5-6-17(14-18)19-15-20(19)22(28)26-12-10-24(11-13-26)16-21(27)25-8-3-1-2-4-9-25/h5-7,14,19-20H,1-4,8-13,15-16H2. The van der Waals surface area contributed by atoms with E-state index in [2.05, 4.69) is 11.0 Å². The third kappa shape index (κ3) is 4.69. The fourth-order valence-electron chi connectivity index (χ4n) is 4.55. The molecule has 0 radical (unpaired) electrons. The van der Waals surface area contributed by atoms with Crippen molar-refractivity contribution in [3.63, 3.8) is 0 Å². The number of carbonyl (C=O) groups is 2. The molecule has 3 aliphatic rings. The quantitative estimate of drug-likeness (QED) is 0.776. The fraction of sp³-hybridized carbons (Fsp3) is 0.636. The summed E-state index contributed by atoms with van der Waals surface area (Å²) in [6.45, 7) is 5.35. The summed E-state index contributed by atoms with van der Waals surface area (Å²) in [4.78, 5) is 31.6. The Balaban J connectivity index is 1.23. The summed E-state index contributed by atoms with van der Waals surface area (Å²) in [5.41, 5.74) is 1.17. The van der Waals surface area contributed by atoms with Crippen molar-refractivity contribution in [2.24, 2.45) is 5.92 Å². The van der Waals surface area contributed by atoms with Gasteiger partial charge in [0.05, 0.1) is 6.54 Å². The molecule has 2 unspecified atom stereocenters. The number of halogens is 1. The third-order valence-electron chi connectivity index (χ3n) is 6.39. The van der Waals surface area contributed by atoms with Crippen molar-refractivity contribution in [3.05, 3.63) is 34.9 Å². The average Bonchev–Trinajstić information content (AvgIpc) is 3.52. The molecule has 1 aromatic carbocycles. The Labute approximate surface area is 172 Å². The van der Waals surface area contributed by atoms with Gasteiger partial charge in [0.2, 0.25) is 11.8 Å². The molecule has 0 aromatic heterocycles. The first-order valence-electron chi connectivity index (χ1n) is 10.7. The van der Waals surface area contributed by atoms with Gasteiger partial charge >= 0.3 is 0 Å². The smallest absolute Gasteiger partial charge is 0.236 e. The van der Waals surface area contributed by atoms with E-state index in [9.17, 15) is 9.59 Å². The number of rotatable bonds is 4. The SMILES string of the molecule is O=C(CN1CCN(C(=O)C2CC2c2cccc(Cl)c2)CC1)N1CCCCCC1. The molecular formula is C22H30ClN3O2. The summed E-state index contributed by atoms with van der Waals surface area (Å²) < 4.78 is 0. The highest BCUT2D eigenvalue weighted by atomic mass is 35.5. The van der Waals surface area contributed by atoms with E-state index in [-0.39, 0.29) is 17.7 Å². The molecule has 2 amide bonds.